The number of hydrogen-bond acceptors (Lipinski definition) is 2. The smallest absolute Gasteiger partial charge is 0.165 e. The summed E-state index contributed by atoms with van der Waals surface area (Å²) in [7, 11) is 0. The van der Waals surface area contributed by atoms with Crippen LogP contribution in [0.5, 0.6) is 11.5 Å². The van der Waals surface area contributed by atoms with E-state index < -0.39 is 5.82 Å². The van der Waals surface area contributed by atoms with E-state index in [4.69, 9.17) is 4.74 Å². The molecular formula is C15H15F2NO. The minimum absolute atomic E-state index is 0.131. The highest BCUT2D eigenvalue weighted by atomic mass is 19.1. The van der Waals surface area contributed by atoms with Crippen LogP contribution >= 0.6 is 0 Å². The lowest BCUT2D eigenvalue weighted by Crippen LogP contribution is -2.12. The van der Waals surface area contributed by atoms with Gasteiger partial charge in [0.05, 0.1) is 0 Å². The standard InChI is InChI=1S/C15H15F2NO/c1-2-18-10-11-9-12(16)7-8-14(11)19-15-6-4-3-5-13(15)17/h3-9,18H,2,10H2,1H3. The molecule has 0 saturated carbocycles. The van der Waals surface area contributed by atoms with E-state index in [1.165, 1.54) is 30.3 Å². The zero-order chi connectivity index (χ0) is 13.7. The lowest BCUT2D eigenvalue weighted by molar-refractivity contribution is 0.434. The van der Waals surface area contributed by atoms with Crippen LogP contribution in [0.1, 0.15) is 12.5 Å². The van der Waals surface area contributed by atoms with E-state index >= 15 is 0 Å². The Hall–Kier alpha value is -1.94. The second kappa shape index (κ2) is 6.29. The van der Waals surface area contributed by atoms with Gasteiger partial charge in [-0.05, 0) is 36.9 Å². The van der Waals surface area contributed by atoms with Crippen LogP contribution in [-0.4, -0.2) is 6.54 Å². The first-order valence-corrected chi connectivity index (χ1v) is 6.12. The quantitative estimate of drug-likeness (QED) is 0.884. The third kappa shape index (κ3) is 3.51. The maximum Gasteiger partial charge on any atom is 0.165 e. The Morgan fingerprint density at radius 2 is 1.84 bits per heavy atom. The molecule has 0 aliphatic carbocycles. The molecule has 0 spiro atoms. The van der Waals surface area contributed by atoms with Crippen molar-refractivity contribution in [1.82, 2.24) is 5.32 Å². The van der Waals surface area contributed by atoms with Crippen molar-refractivity contribution in [2.24, 2.45) is 0 Å². The molecule has 0 bridgehead atoms. The largest absolute Gasteiger partial charge is 0.454 e. The van der Waals surface area contributed by atoms with Crippen molar-refractivity contribution in [1.29, 1.82) is 0 Å². The normalized spacial score (nSPS) is 10.5. The molecule has 0 aliphatic heterocycles. The Morgan fingerprint density at radius 3 is 2.58 bits per heavy atom. The molecule has 2 aromatic rings. The average molecular weight is 263 g/mol. The molecule has 0 unspecified atom stereocenters. The molecule has 100 valence electrons. The zero-order valence-corrected chi connectivity index (χ0v) is 10.6. The van der Waals surface area contributed by atoms with Crippen molar-refractivity contribution in [3.8, 4) is 11.5 Å². The molecule has 2 nitrogen and oxygen atoms in total. The van der Waals surface area contributed by atoms with Gasteiger partial charge in [0.1, 0.15) is 11.6 Å². The third-order valence-corrected chi connectivity index (χ3v) is 2.64. The van der Waals surface area contributed by atoms with E-state index in [1.807, 2.05) is 6.92 Å². The first-order valence-electron chi connectivity index (χ1n) is 6.12. The van der Waals surface area contributed by atoms with Gasteiger partial charge in [0.25, 0.3) is 0 Å². The summed E-state index contributed by atoms with van der Waals surface area (Å²) in [4.78, 5) is 0. The number of rotatable bonds is 5. The fourth-order valence-corrected chi connectivity index (χ4v) is 1.69. The summed E-state index contributed by atoms with van der Waals surface area (Å²) in [6.07, 6.45) is 0. The molecule has 0 fully saturated rings. The fraction of sp³-hybridized carbons (Fsp3) is 0.200. The van der Waals surface area contributed by atoms with Crippen LogP contribution in [0.2, 0.25) is 0 Å². The Kier molecular flexibility index (Phi) is 4.47. The van der Waals surface area contributed by atoms with Gasteiger partial charge in [0.2, 0.25) is 0 Å². The zero-order valence-electron chi connectivity index (χ0n) is 10.6. The molecule has 0 radical (unpaired) electrons. The predicted octanol–water partition coefficient (Wildman–Crippen LogP) is 3.87. The van der Waals surface area contributed by atoms with E-state index in [0.717, 1.165) is 6.54 Å². The third-order valence-electron chi connectivity index (χ3n) is 2.64. The summed E-state index contributed by atoms with van der Waals surface area (Å²) in [5, 5.41) is 3.09. The molecular weight excluding hydrogens is 248 g/mol. The Balaban J connectivity index is 2.26. The number of benzene rings is 2. The van der Waals surface area contributed by atoms with Crippen LogP contribution in [0.3, 0.4) is 0 Å². The van der Waals surface area contributed by atoms with E-state index in [-0.39, 0.29) is 11.6 Å². The van der Waals surface area contributed by atoms with Crippen LogP contribution in [-0.2, 0) is 6.54 Å². The lowest BCUT2D eigenvalue weighted by atomic mass is 10.2. The molecule has 0 saturated heterocycles. The van der Waals surface area contributed by atoms with Crippen molar-refractivity contribution in [2.75, 3.05) is 6.54 Å². The number of nitrogens with one attached hydrogen (secondary N) is 1. The highest BCUT2D eigenvalue weighted by Crippen LogP contribution is 2.27. The van der Waals surface area contributed by atoms with Gasteiger partial charge < -0.3 is 10.1 Å². The molecule has 2 rings (SSSR count). The number of halogens is 2. The summed E-state index contributed by atoms with van der Waals surface area (Å²) in [6, 6.07) is 10.3. The van der Waals surface area contributed by atoms with E-state index in [2.05, 4.69) is 5.32 Å². The minimum Gasteiger partial charge on any atom is -0.454 e. The fourth-order valence-electron chi connectivity index (χ4n) is 1.69. The van der Waals surface area contributed by atoms with Crippen molar-refractivity contribution in [3.63, 3.8) is 0 Å². The van der Waals surface area contributed by atoms with Crippen LogP contribution in [0.4, 0.5) is 8.78 Å². The second-order valence-electron chi connectivity index (χ2n) is 4.06. The maximum absolute atomic E-state index is 13.5. The van der Waals surface area contributed by atoms with Crippen LogP contribution in [0, 0.1) is 11.6 Å². The number of para-hydroxylation sites is 1. The van der Waals surface area contributed by atoms with Crippen LogP contribution in [0.15, 0.2) is 42.5 Å². The highest BCUT2D eigenvalue weighted by molar-refractivity contribution is 5.38. The van der Waals surface area contributed by atoms with Gasteiger partial charge in [0.15, 0.2) is 11.6 Å². The molecule has 2 aromatic carbocycles. The van der Waals surface area contributed by atoms with Gasteiger partial charge in [-0.3, -0.25) is 0 Å². The first-order chi connectivity index (χ1) is 9.20. The molecule has 0 amide bonds. The summed E-state index contributed by atoms with van der Waals surface area (Å²) in [5.41, 5.74) is 0.658. The minimum atomic E-state index is -0.443. The van der Waals surface area contributed by atoms with Gasteiger partial charge in [-0.15, -0.1) is 0 Å². The van der Waals surface area contributed by atoms with E-state index in [9.17, 15) is 8.78 Å². The Labute approximate surface area is 111 Å². The number of ether oxygens (including phenoxy) is 1. The van der Waals surface area contributed by atoms with Crippen LogP contribution < -0.4 is 10.1 Å². The van der Waals surface area contributed by atoms with Crippen molar-refractivity contribution >= 4 is 0 Å². The van der Waals surface area contributed by atoms with Crippen molar-refractivity contribution in [2.45, 2.75) is 13.5 Å². The highest BCUT2D eigenvalue weighted by Gasteiger charge is 2.09. The summed E-state index contributed by atoms with van der Waals surface area (Å²) >= 11 is 0. The van der Waals surface area contributed by atoms with Gasteiger partial charge in [-0.2, -0.15) is 0 Å². The number of hydrogen-bond donors (Lipinski definition) is 1. The van der Waals surface area contributed by atoms with E-state index in [1.54, 1.807) is 12.1 Å². The summed E-state index contributed by atoms with van der Waals surface area (Å²) in [5.74, 6) is -0.200. The SMILES string of the molecule is CCNCc1cc(F)ccc1Oc1ccccc1F. The molecule has 1 N–H and O–H groups in total. The monoisotopic (exact) mass is 263 g/mol. The second-order valence-corrected chi connectivity index (χ2v) is 4.06. The molecule has 0 aromatic heterocycles. The summed E-state index contributed by atoms with van der Waals surface area (Å²) in [6.45, 7) is 3.18. The Morgan fingerprint density at radius 1 is 1.05 bits per heavy atom. The van der Waals surface area contributed by atoms with E-state index in [0.29, 0.717) is 17.9 Å². The lowest BCUT2D eigenvalue weighted by Gasteiger charge is -2.12. The average Bonchev–Trinajstić information content (AvgIpc) is 2.41. The maximum atomic E-state index is 13.5. The topological polar surface area (TPSA) is 21.3 Å². The van der Waals surface area contributed by atoms with Crippen molar-refractivity contribution < 1.29 is 13.5 Å². The molecule has 4 heteroatoms. The molecule has 0 aliphatic rings. The van der Waals surface area contributed by atoms with Crippen LogP contribution in [0.25, 0.3) is 0 Å². The predicted molar refractivity (Wildman–Crippen MR) is 70.3 cm³/mol. The first kappa shape index (κ1) is 13.5. The molecule has 0 atom stereocenters. The summed E-state index contributed by atoms with van der Waals surface area (Å²) < 4.78 is 32.3. The molecule has 0 heterocycles. The van der Waals surface area contributed by atoms with Gasteiger partial charge >= 0.3 is 0 Å². The van der Waals surface area contributed by atoms with Gasteiger partial charge in [0, 0.05) is 12.1 Å². The van der Waals surface area contributed by atoms with Gasteiger partial charge in [-0.1, -0.05) is 19.1 Å². The van der Waals surface area contributed by atoms with Crippen molar-refractivity contribution in [3.05, 3.63) is 59.7 Å². The molecule has 19 heavy (non-hydrogen) atoms. The van der Waals surface area contributed by atoms with Gasteiger partial charge in [-0.25, -0.2) is 8.78 Å². The Bertz CT molecular complexity index is 558.